The molecule has 0 bridgehead atoms. The number of phenols is 1. The van der Waals surface area contributed by atoms with Gasteiger partial charge in [0.15, 0.2) is 0 Å². The average molecular weight is 285 g/mol. The molecule has 0 heterocycles. The molecular formula is C12H13BrO3. The van der Waals surface area contributed by atoms with E-state index >= 15 is 0 Å². The highest BCUT2D eigenvalue weighted by Gasteiger charge is 2.68. The van der Waals surface area contributed by atoms with Crippen molar-refractivity contribution in [2.45, 2.75) is 25.7 Å². The van der Waals surface area contributed by atoms with E-state index in [0.717, 1.165) is 4.47 Å². The first kappa shape index (κ1) is 11.5. The Morgan fingerprint density at radius 1 is 1.44 bits per heavy atom. The van der Waals surface area contributed by atoms with Crippen LogP contribution in [0.2, 0.25) is 0 Å². The smallest absolute Gasteiger partial charge is 0.314 e. The van der Waals surface area contributed by atoms with Crippen LogP contribution >= 0.6 is 15.9 Å². The maximum atomic E-state index is 11.5. The summed E-state index contributed by atoms with van der Waals surface area (Å²) in [5, 5.41) is 18.9. The van der Waals surface area contributed by atoms with Crippen LogP contribution in [0.5, 0.6) is 5.75 Å². The lowest BCUT2D eigenvalue weighted by Crippen LogP contribution is -2.25. The van der Waals surface area contributed by atoms with Crippen LogP contribution in [0.3, 0.4) is 0 Å². The summed E-state index contributed by atoms with van der Waals surface area (Å²) in [6.45, 7) is 3.86. The molecule has 0 radical (unpaired) electrons. The van der Waals surface area contributed by atoms with Crippen molar-refractivity contribution < 1.29 is 15.0 Å². The molecule has 0 spiro atoms. The Morgan fingerprint density at radius 3 is 2.44 bits per heavy atom. The molecule has 1 unspecified atom stereocenters. The van der Waals surface area contributed by atoms with E-state index in [2.05, 4.69) is 15.9 Å². The van der Waals surface area contributed by atoms with Crippen LogP contribution in [0.15, 0.2) is 22.7 Å². The van der Waals surface area contributed by atoms with Gasteiger partial charge in [-0.15, -0.1) is 0 Å². The van der Waals surface area contributed by atoms with Gasteiger partial charge in [0, 0.05) is 4.47 Å². The lowest BCUT2D eigenvalue weighted by Gasteiger charge is -2.18. The number of hydrogen-bond donors (Lipinski definition) is 2. The van der Waals surface area contributed by atoms with Crippen molar-refractivity contribution in [2.75, 3.05) is 0 Å². The molecule has 0 amide bonds. The molecule has 0 aliphatic heterocycles. The van der Waals surface area contributed by atoms with Gasteiger partial charge in [-0.05, 0) is 35.6 Å². The number of benzene rings is 1. The summed E-state index contributed by atoms with van der Waals surface area (Å²) in [5.41, 5.74) is -0.482. The zero-order chi connectivity index (χ0) is 12.1. The van der Waals surface area contributed by atoms with Crippen LogP contribution in [0.4, 0.5) is 0 Å². The minimum atomic E-state index is -0.870. The molecule has 1 aromatic rings. The van der Waals surface area contributed by atoms with Gasteiger partial charge in [0.1, 0.15) is 5.75 Å². The van der Waals surface area contributed by atoms with Gasteiger partial charge < -0.3 is 10.2 Å². The average Bonchev–Trinajstić information content (AvgIpc) is 2.75. The first-order valence-electron chi connectivity index (χ1n) is 5.04. The lowest BCUT2D eigenvalue weighted by atomic mass is 9.88. The van der Waals surface area contributed by atoms with Gasteiger partial charge >= 0.3 is 5.97 Å². The fourth-order valence-corrected chi connectivity index (χ4v) is 2.98. The van der Waals surface area contributed by atoms with E-state index in [4.69, 9.17) is 0 Å². The Labute approximate surface area is 102 Å². The molecular weight excluding hydrogens is 272 g/mol. The molecule has 4 heteroatoms. The number of rotatable bonds is 2. The minimum absolute atomic E-state index is 0.0986. The van der Waals surface area contributed by atoms with Gasteiger partial charge in [-0.25, -0.2) is 0 Å². The van der Waals surface area contributed by atoms with Crippen molar-refractivity contribution in [3.05, 3.63) is 28.2 Å². The molecule has 1 aromatic carbocycles. The predicted molar refractivity (Wildman–Crippen MR) is 63.5 cm³/mol. The second-order valence-corrected chi connectivity index (χ2v) is 5.79. The summed E-state index contributed by atoms with van der Waals surface area (Å²) in [5.74, 6) is -0.731. The second kappa shape index (κ2) is 3.23. The van der Waals surface area contributed by atoms with Crippen LogP contribution in [-0.2, 0) is 10.2 Å². The number of aromatic hydroxyl groups is 1. The molecule has 2 rings (SSSR count). The molecule has 1 saturated carbocycles. The number of hydrogen-bond acceptors (Lipinski definition) is 2. The minimum Gasteiger partial charge on any atom is -0.508 e. The quantitative estimate of drug-likeness (QED) is 0.878. The molecule has 0 saturated heterocycles. The Kier molecular flexibility index (Phi) is 2.31. The van der Waals surface area contributed by atoms with Crippen LogP contribution in [0.1, 0.15) is 25.8 Å². The van der Waals surface area contributed by atoms with Crippen LogP contribution in [-0.4, -0.2) is 16.2 Å². The second-order valence-electron chi connectivity index (χ2n) is 4.94. The summed E-state index contributed by atoms with van der Waals surface area (Å²) in [6, 6.07) is 4.76. The Hall–Kier alpha value is -1.03. The topological polar surface area (TPSA) is 57.5 Å². The standard InChI is InChI=1S/C12H13BrO3/c1-11(2)6-12(11,10(15)16)8-5-7(14)3-4-9(8)13/h3-5,14H,6H2,1-2H3,(H,15,16). The summed E-state index contributed by atoms with van der Waals surface area (Å²) < 4.78 is 0.735. The summed E-state index contributed by atoms with van der Waals surface area (Å²) in [6.07, 6.45) is 0.595. The number of carbonyl (C=O) groups is 1. The highest BCUT2D eigenvalue weighted by Crippen LogP contribution is 2.65. The van der Waals surface area contributed by atoms with Crippen molar-refractivity contribution in [3.8, 4) is 5.75 Å². The molecule has 2 N–H and O–H groups in total. The van der Waals surface area contributed by atoms with Gasteiger partial charge in [-0.3, -0.25) is 4.79 Å². The maximum absolute atomic E-state index is 11.5. The zero-order valence-corrected chi connectivity index (χ0v) is 10.7. The Morgan fingerprint density at radius 2 is 2.00 bits per heavy atom. The van der Waals surface area contributed by atoms with E-state index in [1.807, 2.05) is 13.8 Å². The van der Waals surface area contributed by atoms with Gasteiger partial charge in [-0.2, -0.15) is 0 Å². The van der Waals surface area contributed by atoms with Gasteiger partial charge in [0.2, 0.25) is 0 Å². The van der Waals surface area contributed by atoms with Crippen molar-refractivity contribution in [2.24, 2.45) is 5.41 Å². The van der Waals surface area contributed by atoms with Crippen molar-refractivity contribution in [1.82, 2.24) is 0 Å². The fourth-order valence-electron chi connectivity index (χ4n) is 2.40. The van der Waals surface area contributed by atoms with Crippen LogP contribution in [0.25, 0.3) is 0 Å². The van der Waals surface area contributed by atoms with E-state index in [0.29, 0.717) is 12.0 Å². The highest BCUT2D eigenvalue weighted by atomic mass is 79.9. The third-order valence-corrected chi connectivity index (χ3v) is 4.20. The molecule has 1 aliphatic rings. The first-order chi connectivity index (χ1) is 7.31. The number of halogens is 1. The largest absolute Gasteiger partial charge is 0.508 e. The van der Waals surface area contributed by atoms with E-state index in [1.54, 1.807) is 12.1 Å². The molecule has 16 heavy (non-hydrogen) atoms. The molecule has 86 valence electrons. The SMILES string of the molecule is CC1(C)CC1(C(=O)O)c1cc(O)ccc1Br. The summed E-state index contributed by atoms with van der Waals surface area (Å²) in [4.78, 5) is 11.5. The van der Waals surface area contributed by atoms with Crippen molar-refractivity contribution in [1.29, 1.82) is 0 Å². The van der Waals surface area contributed by atoms with E-state index < -0.39 is 11.4 Å². The summed E-state index contributed by atoms with van der Waals surface area (Å²) in [7, 11) is 0. The number of carboxylic acid groups (broad SMARTS) is 1. The van der Waals surface area contributed by atoms with Crippen molar-refractivity contribution >= 4 is 21.9 Å². The molecule has 0 aromatic heterocycles. The molecule has 1 aliphatic carbocycles. The normalized spacial score (nSPS) is 26.4. The van der Waals surface area contributed by atoms with E-state index in [9.17, 15) is 15.0 Å². The molecule has 3 nitrogen and oxygen atoms in total. The number of aliphatic carboxylic acids is 1. The van der Waals surface area contributed by atoms with E-state index in [1.165, 1.54) is 6.07 Å². The van der Waals surface area contributed by atoms with Crippen molar-refractivity contribution in [3.63, 3.8) is 0 Å². The Balaban J connectivity index is 2.59. The van der Waals surface area contributed by atoms with Gasteiger partial charge in [0.05, 0.1) is 5.41 Å². The highest BCUT2D eigenvalue weighted by molar-refractivity contribution is 9.10. The van der Waals surface area contributed by atoms with Crippen LogP contribution in [0, 0.1) is 5.41 Å². The van der Waals surface area contributed by atoms with Gasteiger partial charge in [0.25, 0.3) is 0 Å². The predicted octanol–water partition coefficient (Wildman–Crippen LogP) is 2.91. The monoisotopic (exact) mass is 284 g/mol. The van der Waals surface area contributed by atoms with Gasteiger partial charge in [-0.1, -0.05) is 29.8 Å². The lowest BCUT2D eigenvalue weighted by molar-refractivity contribution is -0.141. The number of phenolic OH excluding ortho intramolecular Hbond substituents is 1. The molecule has 1 fully saturated rings. The summed E-state index contributed by atoms with van der Waals surface area (Å²) >= 11 is 3.35. The first-order valence-corrected chi connectivity index (χ1v) is 5.83. The van der Waals surface area contributed by atoms with Crippen LogP contribution < -0.4 is 0 Å². The third kappa shape index (κ3) is 1.36. The number of carboxylic acids is 1. The maximum Gasteiger partial charge on any atom is 0.314 e. The zero-order valence-electron chi connectivity index (χ0n) is 9.12. The third-order valence-electron chi connectivity index (χ3n) is 3.51. The van der Waals surface area contributed by atoms with E-state index in [-0.39, 0.29) is 11.2 Å². The fraction of sp³-hybridized carbons (Fsp3) is 0.417. The molecule has 1 atom stereocenters. The Bertz CT molecular complexity index is 467.